The molecule has 0 bridgehead atoms. The minimum absolute atomic E-state index is 0.0468. The Bertz CT molecular complexity index is 270. The summed E-state index contributed by atoms with van der Waals surface area (Å²) in [6.07, 6.45) is 4.38. The second-order valence-electron chi connectivity index (χ2n) is 4.17. The largest absolute Gasteiger partial charge is 0.480 e. The third-order valence-electron chi connectivity index (χ3n) is 3.16. The molecule has 0 saturated carbocycles. The lowest BCUT2D eigenvalue weighted by Crippen LogP contribution is -2.50. The Morgan fingerprint density at radius 1 is 1.50 bits per heavy atom. The van der Waals surface area contributed by atoms with Gasteiger partial charge in [-0.05, 0) is 25.0 Å². The van der Waals surface area contributed by atoms with Gasteiger partial charge in [-0.15, -0.1) is 0 Å². The number of aliphatic carboxylic acids is 1. The normalized spacial score (nSPS) is 25.5. The maximum Gasteiger partial charge on any atom is 0.326 e. The van der Waals surface area contributed by atoms with Crippen LogP contribution < -0.4 is 0 Å². The van der Waals surface area contributed by atoms with Crippen molar-refractivity contribution in [2.24, 2.45) is 5.92 Å². The van der Waals surface area contributed by atoms with Crippen molar-refractivity contribution in [2.45, 2.75) is 32.2 Å². The first kappa shape index (κ1) is 13.4. The summed E-state index contributed by atoms with van der Waals surface area (Å²) in [6, 6.07) is -0.613. The zero-order valence-electron chi connectivity index (χ0n) is 9.81. The molecular formula is C11H19NO3S. The third kappa shape index (κ3) is 3.14. The second kappa shape index (κ2) is 6.13. The Balaban J connectivity index is 2.68. The van der Waals surface area contributed by atoms with E-state index in [4.69, 9.17) is 5.11 Å². The van der Waals surface area contributed by atoms with Gasteiger partial charge in [0, 0.05) is 6.54 Å². The number of amides is 1. The Morgan fingerprint density at radius 2 is 2.19 bits per heavy atom. The highest BCUT2D eigenvalue weighted by Gasteiger charge is 2.35. The van der Waals surface area contributed by atoms with Crippen molar-refractivity contribution >= 4 is 23.6 Å². The van der Waals surface area contributed by atoms with E-state index in [1.165, 1.54) is 16.7 Å². The van der Waals surface area contributed by atoms with E-state index in [1.54, 1.807) is 0 Å². The number of piperidine rings is 1. The fourth-order valence-electron chi connectivity index (χ4n) is 2.15. The summed E-state index contributed by atoms with van der Waals surface area (Å²) in [6.45, 7) is 2.66. The minimum Gasteiger partial charge on any atom is -0.480 e. The molecule has 0 radical (unpaired) electrons. The molecule has 1 aliphatic rings. The quantitative estimate of drug-likeness (QED) is 0.814. The number of carbonyl (C=O) groups is 2. The molecule has 0 aromatic rings. The van der Waals surface area contributed by atoms with Crippen LogP contribution in [0.25, 0.3) is 0 Å². The molecule has 0 aliphatic carbocycles. The number of hydrogen-bond acceptors (Lipinski definition) is 3. The molecule has 2 atom stereocenters. The van der Waals surface area contributed by atoms with Crippen LogP contribution in [0, 0.1) is 5.92 Å². The summed E-state index contributed by atoms with van der Waals surface area (Å²) in [4.78, 5) is 24.4. The highest BCUT2D eigenvalue weighted by atomic mass is 32.2. The molecule has 1 rings (SSSR count). The summed E-state index contributed by atoms with van der Waals surface area (Å²) in [7, 11) is 0. The van der Waals surface area contributed by atoms with Crippen LogP contribution >= 0.6 is 11.8 Å². The second-order valence-corrected chi connectivity index (χ2v) is 5.04. The summed E-state index contributed by atoms with van der Waals surface area (Å²) < 4.78 is 0. The average Bonchev–Trinajstić information content (AvgIpc) is 2.28. The smallest absolute Gasteiger partial charge is 0.326 e. The number of hydrogen-bond donors (Lipinski definition) is 1. The Labute approximate surface area is 100 Å². The van der Waals surface area contributed by atoms with E-state index in [2.05, 4.69) is 6.92 Å². The molecule has 0 spiro atoms. The van der Waals surface area contributed by atoms with Crippen LogP contribution in [0.1, 0.15) is 26.2 Å². The average molecular weight is 245 g/mol. The van der Waals surface area contributed by atoms with E-state index >= 15 is 0 Å². The van der Waals surface area contributed by atoms with E-state index < -0.39 is 12.0 Å². The molecule has 1 amide bonds. The van der Waals surface area contributed by atoms with Crippen LogP contribution in [-0.2, 0) is 9.59 Å². The zero-order chi connectivity index (χ0) is 12.1. The van der Waals surface area contributed by atoms with E-state index in [0.29, 0.717) is 24.6 Å². The molecular weight excluding hydrogens is 226 g/mol. The van der Waals surface area contributed by atoms with Crippen molar-refractivity contribution in [3.63, 3.8) is 0 Å². The number of carboxylic acids is 1. The molecule has 92 valence electrons. The van der Waals surface area contributed by atoms with E-state index in [1.807, 2.05) is 6.26 Å². The molecule has 0 aromatic carbocycles. The molecule has 2 unspecified atom stereocenters. The fourth-order valence-corrected chi connectivity index (χ4v) is 2.56. The van der Waals surface area contributed by atoms with Crippen molar-refractivity contribution in [3.05, 3.63) is 0 Å². The lowest BCUT2D eigenvalue weighted by molar-refractivity contribution is -0.152. The number of carbonyl (C=O) groups excluding carboxylic acids is 1. The van der Waals surface area contributed by atoms with Crippen LogP contribution in [0.3, 0.4) is 0 Å². The van der Waals surface area contributed by atoms with E-state index in [9.17, 15) is 9.59 Å². The first-order chi connectivity index (χ1) is 7.60. The number of nitrogens with zero attached hydrogens (tertiary/aromatic N) is 1. The first-order valence-corrected chi connectivity index (χ1v) is 7.00. The predicted octanol–water partition coefficient (Wildman–Crippen LogP) is 1.45. The molecule has 1 N–H and O–H groups in total. The van der Waals surface area contributed by atoms with Crippen molar-refractivity contribution in [1.82, 2.24) is 4.90 Å². The van der Waals surface area contributed by atoms with Gasteiger partial charge >= 0.3 is 5.97 Å². The van der Waals surface area contributed by atoms with Gasteiger partial charge in [0.1, 0.15) is 6.04 Å². The first-order valence-electron chi connectivity index (χ1n) is 5.61. The Hall–Kier alpha value is -0.710. The number of carboxylic acid groups (broad SMARTS) is 1. The highest BCUT2D eigenvalue weighted by molar-refractivity contribution is 7.99. The van der Waals surface area contributed by atoms with Gasteiger partial charge in [-0.2, -0.15) is 11.8 Å². The third-order valence-corrected chi connectivity index (χ3v) is 3.70. The standard InChI is InChI=1S/C11H19NO3S/c1-3-8-4-5-12(10(13)7-16-2)9(6-8)11(14)15/h8-9H,3-7H2,1-2H3,(H,14,15). The molecule has 1 aliphatic heterocycles. The maximum absolute atomic E-state index is 11.7. The molecule has 1 heterocycles. The molecule has 1 saturated heterocycles. The molecule has 16 heavy (non-hydrogen) atoms. The Kier molecular flexibility index (Phi) is 5.12. The van der Waals surface area contributed by atoms with Gasteiger partial charge in [0.25, 0.3) is 0 Å². The summed E-state index contributed by atoms with van der Waals surface area (Å²) in [5.41, 5.74) is 0. The molecule has 4 nitrogen and oxygen atoms in total. The maximum atomic E-state index is 11.7. The molecule has 0 aromatic heterocycles. The van der Waals surface area contributed by atoms with Gasteiger partial charge in [0.2, 0.25) is 5.91 Å². The number of likely N-dealkylation sites (tertiary alicyclic amines) is 1. The van der Waals surface area contributed by atoms with Gasteiger partial charge in [0.15, 0.2) is 0 Å². The number of thioether (sulfide) groups is 1. The van der Waals surface area contributed by atoms with Crippen LogP contribution in [0.15, 0.2) is 0 Å². The topological polar surface area (TPSA) is 57.6 Å². The Morgan fingerprint density at radius 3 is 2.69 bits per heavy atom. The van der Waals surface area contributed by atoms with E-state index in [-0.39, 0.29) is 5.91 Å². The van der Waals surface area contributed by atoms with Gasteiger partial charge in [-0.3, -0.25) is 4.79 Å². The fraction of sp³-hybridized carbons (Fsp3) is 0.818. The lowest BCUT2D eigenvalue weighted by atomic mass is 9.89. The van der Waals surface area contributed by atoms with Crippen molar-refractivity contribution in [1.29, 1.82) is 0 Å². The van der Waals surface area contributed by atoms with Gasteiger partial charge in [0.05, 0.1) is 5.75 Å². The summed E-state index contributed by atoms with van der Waals surface area (Å²) in [5.74, 6) is -0.0953. The minimum atomic E-state index is -0.868. The summed E-state index contributed by atoms with van der Waals surface area (Å²) in [5, 5.41) is 9.14. The monoisotopic (exact) mass is 245 g/mol. The predicted molar refractivity (Wildman–Crippen MR) is 64.5 cm³/mol. The van der Waals surface area contributed by atoms with Crippen LogP contribution in [0.2, 0.25) is 0 Å². The summed E-state index contributed by atoms with van der Waals surface area (Å²) >= 11 is 1.44. The highest BCUT2D eigenvalue weighted by Crippen LogP contribution is 2.26. The zero-order valence-corrected chi connectivity index (χ0v) is 10.6. The van der Waals surface area contributed by atoms with Gasteiger partial charge < -0.3 is 10.0 Å². The van der Waals surface area contributed by atoms with Crippen molar-refractivity contribution in [3.8, 4) is 0 Å². The molecule has 5 heteroatoms. The lowest BCUT2D eigenvalue weighted by Gasteiger charge is -2.36. The van der Waals surface area contributed by atoms with Crippen molar-refractivity contribution < 1.29 is 14.7 Å². The number of rotatable bonds is 4. The van der Waals surface area contributed by atoms with Gasteiger partial charge in [-0.1, -0.05) is 13.3 Å². The van der Waals surface area contributed by atoms with Crippen LogP contribution in [0.4, 0.5) is 0 Å². The van der Waals surface area contributed by atoms with Crippen molar-refractivity contribution in [2.75, 3.05) is 18.6 Å². The van der Waals surface area contributed by atoms with Crippen LogP contribution in [0.5, 0.6) is 0 Å². The van der Waals surface area contributed by atoms with Gasteiger partial charge in [-0.25, -0.2) is 4.79 Å². The molecule has 1 fully saturated rings. The SMILES string of the molecule is CCC1CCN(C(=O)CSC)C(C(=O)O)C1. The van der Waals surface area contributed by atoms with Crippen LogP contribution in [-0.4, -0.2) is 46.5 Å². The van der Waals surface area contributed by atoms with E-state index in [0.717, 1.165) is 12.8 Å².